The number of nitrogens with one attached hydrogen (secondary N) is 1. The molecule has 0 radical (unpaired) electrons. The Kier molecular flexibility index (Phi) is 2.31. The maximum atomic E-state index is 5.77. The topological polar surface area (TPSA) is 38.0 Å². The molecule has 0 aromatic heterocycles. The average molecular weight is 216 g/mol. The zero-order chi connectivity index (χ0) is 11.1. The summed E-state index contributed by atoms with van der Waals surface area (Å²) in [6.45, 7) is 2.13. The molecule has 0 unspecified atom stereocenters. The van der Waals surface area contributed by atoms with Gasteiger partial charge in [0.1, 0.15) is 0 Å². The van der Waals surface area contributed by atoms with Crippen LogP contribution in [0.15, 0.2) is 18.2 Å². The van der Waals surface area contributed by atoms with E-state index in [2.05, 4.69) is 24.4 Å². The van der Waals surface area contributed by atoms with Gasteiger partial charge in [-0.25, -0.2) is 0 Å². The van der Waals surface area contributed by atoms with E-state index in [1.165, 1.54) is 36.9 Å². The summed E-state index contributed by atoms with van der Waals surface area (Å²) in [4.78, 5) is 0. The Balaban J connectivity index is 1.76. The van der Waals surface area contributed by atoms with Gasteiger partial charge >= 0.3 is 0 Å². The van der Waals surface area contributed by atoms with Crippen molar-refractivity contribution in [3.8, 4) is 0 Å². The maximum Gasteiger partial charge on any atom is 0.0373 e. The Morgan fingerprint density at radius 2 is 1.81 bits per heavy atom. The van der Waals surface area contributed by atoms with Crippen molar-refractivity contribution in [2.75, 3.05) is 11.1 Å². The third-order valence-corrected chi connectivity index (χ3v) is 3.83. The van der Waals surface area contributed by atoms with Gasteiger partial charge in [-0.05, 0) is 68.2 Å². The van der Waals surface area contributed by atoms with E-state index in [4.69, 9.17) is 5.73 Å². The molecular weight excluding hydrogens is 196 g/mol. The molecule has 2 fully saturated rings. The minimum absolute atomic E-state index is 0.724. The fraction of sp³-hybridized carbons (Fsp3) is 0.571. The molecular formula is C14H20N2. The first kappa shape index (κ1) is 10.0. The van der Waals surface area contributed by atoms with Crippen molar-refractivity contribution in [3.63, 3.8) is 0 Å². The predicted octanol–water partition coefficient (Wildman–Crippen LogP) is 3.18. The number of nitrogens with two attached hydrogens (primary N) is 1. The number of nitrogen functional groups attached to an aromatic ring is 1. The summed E-state index contributed by atoms with van der Waals surface area (Å²) in [7, 11) is 0. The van der Waals surface area contributed by atoms with E-state index in [0.29, 0.717) is 0 Å². The van der Waals surface area contributed by atoms with Crippen LogP contribution in [0.2, 0.25) is 0 Å². The molecule has 0 saturated heterocycles. The summed E-state index contributed by atoms with van der Waals surface area (Å²) in [5.41, 5.74) is 9.18. The lowest BCUT2D eigenvalue weighted by atomic mass is 10.1. The highest BCUT2D eigenvalue weighted by atomic mass is 15.0. The number of benzene rings is 1. The first-order valence-electron chi connectivity index (χ1n) is 6.37. The van der Waals surface area contributed by atoms with E-state index in [1.54, 1.807) is 0 Å². The minimum atomic E-state index is 0.724. The van der Waals surface area contributed by atoms with Gasteiger partial charge in [0.05, 0.1) is 0 Å². The summed E-state index contributed by atoms with van der Waals surface area (Å²) in [5.74, 6) is 1.87. The van der Waals surface area contributed by atoms with E-state index < -0.39 is 0 Å². The highest BCUT2D eigenvalue weighted by Crippen LogP contribution is 2.46. The van der Waals surface area contributed by atoms with E-state index in [0.717, 1.165) is 23.6 Å². The molecule has 16 heavy (non-hydrogen) atoms. The van der Waals surface area contributed by atoms with Crippen LogP contribution < -0.4 is 11.1 Å². The van der Waals surface area contributed by atoms with E-state index in [1.807, 2.05) is 6.07 Å². The van der Waals surface area contributed by atoms with Gasteiger partial charge in [0.25, 0.3) is 0 Å². The number of hydrogen-bond acceptors (Lipinski definition) is 2. The lowest BCUT2D eigenvalue weighted by Gasteiger charge is -2.20. The van der Waals surface area contributed by atoms with Crippen LogP contribution in [-0.2, 0) is 0 Å². The molecule has 3 rings (SSSR count). The highest BCUT2D eigenvalue weighted by Gasteiger charge is 2.41. The summed E-state index contributed by atoms with van der Waals surface area (Å²) in [6.07, 6.45) is 5.68. The average Bonchev–Trinajstić information content (AvgIpc) is 3.11. The molecule has 1 aromatic carbocycles. The molecule has 0 bridgehead atoms. The van der Waals surface area contributed by atoms with Crippen molar-refractivity contribution in [3.05, 3.63) is 23.8 Å². The zero-order valence-electron chi connectivity index (χ0n) is 9.87. The van der Waals surface area contributed by atoms with Crippen molar-refractivity contribution < 1.29 is 0 Å². The first-order chi connectivity index (χ1) is 7.74. The third-order valence-electron chi connectivity index (χ3n) is 3.83. The molecule has 0 atom stereocenters. The predicted molar refractivity (Wildman–Crippen MR) is 68.5 cm³/mol. The monoisotopic (exact) mass is 216 g/mol. The first-order valence-corrected chi connectivity index (χ1v) is 6.37. The molecule has 3 N–H and O–H groups in total. The van der Waals surface area contributed by atoms with Gasteiger partial charge in [-0.3, -0.25) is 0 Å². The fourth-order valence-electron chi connectivity index (χ4n) is 2.56. The standard InChI is InChI=1S/C14H20N2/c1-9-8-12(15)6-7-13(9)16-14(10-2-3-10)11-4-5-11/h6-8,10-11,14,16H,2-5,15H2,1H3. The third kappa shape index (κ3) is 2.01. The SMILES string of the molecule is Cc1cc(N)ccc1NC(C1CC1)C1CC1. The Bertz CT molecular complexity index is 380. The fourth-order valence-corrected chi connectivity index (χ4v) is 2.56. The molecule has 0 aliphatic heterocycles. The molecule has 2 heteroatoms. The van der Waals surface area contributed by atoms with Crippen LogP contribution >= 0.6 is 0 Å². The Morgan fingerprint density at radius 1 is 1.19 bits per heavy atom. The largest absolute Gasteiger partial charge is 0.399 e. The van der Waals surface area contributed by atoms with Crippen LogP contribution in [0.4, 0.5) is 11.4 Å². The second-order valence-electron chi connectivity index (χ2n) is 5.42. The molecule has 0 heterocycles. The molecule has 0 amide bonds. The van der Waals surface area contributed by atoms with Crippen LogP contribution in [0.5, 0.6) is 0 Å². The molecule has 2 saturated carbocycles. The number of aryl methyl sites for hydroxylation is 1. The van der Waals surface area contributed by atoms with Gasteiger partial charge in [-0.2, -0.15) is 0 Å². The van der Waals surface area contributed by atoms with Crippen LogP contribution in [-0.4, -0.2) is 6.04 Å². The Labute approximate surface area is 97.2 Å². The van der Waals surface area contributed by atoms with E-state index >= 15 is 0 Å². The second kappa shape index (κ2) is 3.69. The van der Waals surface area contributed by atoms with Crippen LogP contribution in [0.3, 0.4) is 0 Å². The second-order valence-corrected chi connectivity index (χ2v) is 5.42. The quantitative estimate of drug-likeness (QED) is 0.759. The van der Waals surface area contributed by atoms with E-state index in [9.17, 15) is 0 Å². The van der Waals surface area contributed by atoms with Gasteiger partial charge in [0.2, 0.25) is 0 Å². The van der Waals surface area contributed by atoms with Crippen molar-refractivity contribution in [2.24, 2.45) is 11.8 Å². The molecule has 2 aliphatic carbocycles. The lowest BCUT2D eigenvalue weighted by molar-refractivity contribution is 0.567. The van der Waals surface area contributed by atoms with Crippen molar-refractivity contribution in [1.82, 2.24) is 0 Å². The van der Waals surface area contributed by atoms with E-state index in [-0.39, 0.29) is 0 Å². The summed E-state index contributed by atoms with van der Waals surface area (Å²) in [6, 6.07) is 6.90. The summed E-state index contributed by atoms with van der Waals surface area (Å²) < 4.78 is 0. The maximum absolute atomic E-state index is 5.77. The number of hydrogen-bond donors (Lipinski definition) is 2. The van der Waals surface area contributed by atoms with Crippen LogP contribution in [0.1, 0.15) is 31.2 Å². The van der Waals surface area contributed by atoms with Gasteiger partial charge in [0, 0.05) is 17.4 Å². The number of rotatable bonds is 4. The molecule has 1 aromatic rings. The minimum Gasteiger partial charge on any atom is -0.399 e. The van der Waals surface area contributed by atoms with Gasteiger partial charge in [-0.15, -0.1) is 0 Å². The lowest BCUT2D eigenvalue weighted by Crippen LogP contribution is -2.24. The van der Waals surface area contributed by atoms with Crippen LogP contribution in [0.25, 0.3) is 0 Å². The summed E-state index contributed by atoms with van der Waals surface area (Å²) >= 11 is 0. The highest BCUT2D eigenvalue weighted by molar-refractivity contribution is 5.58. The number of anilines is 2. The van der Waals surface area contributed by atoms with Gasteiger partial charge < -0.3 is 11.1 Å². The summed E-state index contributed by atoms with van der Waals surface area (Å²) in [5, 5.41) is 3.74. The van der Waals surface area contributed by atoms with Crippen LogP contribution in [0, 0.1) is 18.8 Å². The Morgan fingerprint density at radius 3 is 2.31 bits per heavy atom. The molecule has 2 nitrogen and oxygen atoms in total. The van der Waals surface area contributed by atoms with Crippen molar-refractivity contribution in [2.45, 2.75) is 38.6 Å². The molecule has 0 spiro atoms. The Hall–Kier alpha value is -1.18. The zero-order valence-corrected chi connectivity index (χ0v) is 9.87. The van der Waals surface area contributed by atoms with Crippen molar-refractivity contribution in [1.29, 1.82) is 0 Å². The van der Waals surface area contributed by atoms with Crippen molar-refractivity contribution >= 4 is 11.4 Å². The molecule has 86 valence electrons. The smallest absolute Gasteiger partial charge is 0.0373 e. The van der Waals surface area contributed by atoms with Gasteiger partial charge in [0.15, 0.2) is 0 Å². The molecule has 2 aliphatic rings. The van der Waals surface area contributed by atoms with Gasteiger partial charge in [-0.1, -0.05) is 0 Å². The normalized spacial score (nSPS) is 20.1.